The topological polar surface area (TPSA) is 38.3 Å². The van der Waals surface area contributed by atoms with Gasteiger partial charge in [-0.2, -0.15) is 11.8 Å². The lowest BCUT2D eigenvalue weighted by molar-refractivity contribution is -0.143. The summed E-state index contributed by atoms with van der Waals surface area (Å²) in [6.45, 7) is 4.39. The van der Waals surface area contributed by atoms with E-state index in [0.29, 0.717) is 5.92 Å². The van der Waals surface area contributed by atoms with Crippen LogP contribution in [0.4, 0.5) is 0 Å². The zero-order valence-electron chi connectivity index (χ0n) is 9.50. The molecule has 3 nitrogen and oxygen atoms in total. The predicted molar refractivity (Wildman–Crippen MR) is 61.6 cm³/mol. The van der Waals surface area contributed by atoms with E-state index in [0.717, 1.165) is 17.9 Å². The highest BCUT2D eigenvalue weighted by atomic mass is 32.2. The minimum Gasteiger partial charge on any atom is -0.468 e. The number of ether oxygens (including phenoxy) is 1. The van der Waals surface area contributed by atoms with E-state index in [2.05, 4.69) is 23.9 Å². The summed E-state index contributed by atoms with van der Waals surface area (Å²) in [5.41, 5.74) is 0. The van der Waals surface area contributed by atoms with Crippen molar-refractivity contribution in [3.05, 3.63) is 0 Å². The molecule has 0 aliphatic carbocycles. The van der Waals surface area contributed by atoms with Gasteiger partial charge >= 0.3 is 5.97 Å². The van der Waals surface area contributed by atoms with Gasteiger partial charge in [0.2, 0.25) is 0 Å². The van der Waals surface area contributed by atoms with Crippen molar-refractivity contribution in [3.63, 3.8) is 0 Å². The van der Waals surface area contributed by atoms with Crippen LogP contribution in [0.1, 0.15) is 20.3 Å². The fourth-order valence-corrected chi connectivity index (χ4v) is 2.08. The normalized spacial score (nSPS) is 12.9. The van der Waals surface area contributed by atoms with Crippen LogP contribution in [0.3, 0.4) is 0 Å². The predicted octanol–water partition coefficient (Wildman–Crippen LogP) is 1.53. The van der Waals surface area contributed by atoms with E-state index in [1.807, 2.05) is 11.8 Å². The summed E-state index contributed by atoms with van der Waals surface area (Å²) in [7, 11) is 3.21. The van der Waals surface area contributed by atoms with Gasteiger partial charge in [-0.05, 0) is 30.9 Å². The second-order valence-electron chi connectivity index (χ2n) is 3.62. The van der Waals surface area contributed by atoms with Crippen molar-refractivity contribution in [2.75, 3.05) is 25.7 Å². The largest absolute Gasteiger partial charge is 0.468 e. The number of esters is 1. The molecule has 4 heteroatoms. The van der Waals surface area contributed by atoms with Gasteiger partial charge in [-0.15, -0.1) is 0 Å². The molecule has 0 bridgehead atoms. The zero-order valence-corrected chi connectivity index (χ0v) is 10.3. The molecule has 0 saturated heterocycles. The fraction of sp³-hybridized carbons (Fsp3) is 0.900. The third-order valence-electron chi connectivity index (χ3n) is 1.84. The standard InChI is InChI=1S/C10H21NO2S/c1-8(2)7-14-6-5-9(11-3)10(12)13-4/h8-9,11H,5-7H2,1-4H3. The summed E-state index contributed by atoms with van der Waals surface area (Å²) >= 11 is 1.89. The number of nitrogens with one attached hydrogen (secondary N) is 1. The first-order valence-electron chi connectivity index (χ1n) is 4.94. The van der Waals surface area contributed by atoms with Crippen LogP contribution in [-0.2, 0) is 9.53 Å². The quantitative estimate of drug-likeness (QED) is 0.520. The summed E-state index contributed by atoms with van der Waals surface area (Å²) in [6, 6.07) is -0.153. The van der Waals surface area contributed by atoms with Gasteiger partial charge in [0.05, 0.1) is 7.11 Å². The number of methoxy groups -OCH3 is 1. The fourth-order valence-electron chi connectivity index (χ4n) is 1.04. The van der Waals surface area contributed by atoms with Crippen LogP contribution in [0.15, 0.2) is 0 Å². The van der Waals surface area contributed by atoms with Crippen LogP contribution in [0.5, 0.6) is 0 Å². The van der Waals surface area contributed by atoms with Crippen molar-refractivity contribution < 1.29 is 9.53 Å². The SMILES string of the molecule is CNC(CCSCC(C)C)C(=O)OC. The van der Waals surface area contributed by atoms with Crippen molar-refractivity contribution in [3.8, 4) is 0 Å². The number of likely N-dealkylation sites (N-methyl/N-ethyl adjacent to an activating group) is 1. The Morgan fingerprint density at radius 3 is 2.57 bits per heavy atom. The van der Waals surface area contributed by atoms with E-state index in [4.69, 9.17) is 0 Å². The molecule has 1 unspecified atom stereocenters. The summed E-state index contributed by atoms with van der Waals surface area (Å²) in [4.78, 5) is 11.2. The van der Waals surface area contributed by atoms with Gasteiger partial charge in [-0.3, -0.25) is 4.79 Å². The number of thioether (sulfide) groups is 1. The lowest BCUT2D eigenvalue weighted by Gasteiger charge is -2.13. The Balaban J connectivity index is 3.58. The van der Waals surface area contributed by atoms with Crippen LogP contribution in [0, 0.1) is 5.92 Å². The molecule has 1 N–H and O–H groups in total. The molecule has 0 spiro atoms. The molecule has 0 aromatic carbocycles. The molecule has 0 fully saturated rings. The van der Waals surface area contributed by atoms with Crippen LogP contribution >= 0.6 is 11.8 Å². The third kappa shape index (κ3) is 6.27. The molecular weight excluding hydrogens is 198 g/mol. The molecule has 0 heterocycles. The first-order valence-corrected chi connectivity index (χ1v) is 6.10. The number of hydrogen-bond donors (Lipinski definition) is 1. The van der Waals surface area contributed by atoms with Crippen LogP contribution in [-0.4, -0.2) is 37.7 Å². The lowest BCUT2D eigenvalue weighted by atomic mass is 10.2. The Labute approximate surface area is 91.0 Å². The van der Waals surface area contributed by atoms with Gasteiger partial charge in [0, 0.05) is 0 Å². The number of hydrogen-bond acceptors (Lipinski definition) is 4. The number of carbonyl (C=O) groups is 1. The van der Waals surface area contributed by atoms with E-state index in [1.54, 1.807) is 7.05 Å². The molecule has 0 aliphatic rings. The Morgan fingerprint density at radius 1 is 1.50 bits per heavy atom. The van der Waals surface area contributed by atoms with Gasteiger partial charge in [0.15, 0.2) is 0 Å². The molecule has 0 aromatic rings. The minimum absolute atomic E-state index is 0.153. The number of rotatable bonds is 7. The van der Waals surface area contributed by atoms with Crippen molar-refractivity contribution in [2.45, 2.75) is 26.3 Å². The van der Waals surface area contributed by atoms with E-state index in [9.17, 15) is 4.79 Å². The minimum atomic E-state index is -0.169. The Hall–Kier alpha value is -0.220. The maximum atomic E-state index is 11.2. The molecule has 84 valence electrons. The van der Waals surface area contributed by atoms with Gasteiger partial charge in [0.25, 0.3) is 0 Å². The Morgan fingerprint density at radius 2 is 2.14 bits per heavy atom. The van der Waals surface area contributed by atoms with E-state index in [-0.39, 0.29) is 12.0 Å². The molecule has 0 rings (SSSR count). The van der Waals surface area contributed by atoms with Gasteiger partial charge in [-0.1, -0.05) is 13.8 Å². The molecule has 14 heavy (non-hydrogen) atoms. The summed E-state index contributed by atoms with van der Waals surface area (Å²) in [6.07, 6.45) is 0.834. The molecule has 1 atom stereocenters. The van der Waals surface area contributed by atoms with Crippen molar-refractivity contribution in [2.24, 2.45) is 5.92 Å². The van der Waals surface area contributed by atoms with Gasteiger partial charge < -0.3 is 10.1 Å². The average molecular weight is 219 g/mol. The van der Waals surface area contributed by atoms with Crippen molar-refractivity contribution in [1.29, 1.82) is 0 Å². The second kappa shape index (κ2) is 8.12. The first-order chi connectivity index (χ1) is 6.61. The van der Waals surface area contributed by atoms with E-state index >= 15 is 0 Å². The molecule has 0 aliphatic heterocycles. The summed E-state index contributed by atoms with van der Waals surface area (Å²) < 4.78 is 4.67. The van der Waals surface area contributed by atoms with Crippen molar-refractivity contribution >= 4 is 17.7 Å². The van der Waals surface area contributed by atoms with E-state index < -0.39 is 0 Å². The highest BCUT2D eigenvalue weighted by Crippen LogP contribution is 2.10. The van der Waals surface area contributed by atoms with Gasteiger partial charge in [-0.25, -0.2) is 0 Å². The lowest BCUT2D eigenvalue weighted by Crippen LogP contribution is -2.35. The monoisotopic (exact) mass is 219 g/mol. The average Bonchev–Trinajstić information content (AvgIpc) is 2.16. The Bertz CT molecular complexity index is 162. The van der Waals surface area contributed by atoms with Crippen LogP contribution < -0.4 is 5.32 Å². The second-order valence-corrected chi connectivity index (χ2v) is 4.77. The van der Waals surface area contributed by atoms with Crippen LogP contribution in [0.2, 0.25) is 0 Å². The molecular formula is C10H21NO2S. The molecule has 0 amide bonds. The van der Waals surface area contributed by atoms with Crippen molar-refractivity contribution in [1.82, 2.24) is 5.32 Å². The first kappa shape index (κ1) is 13.8. The number of carbonyl (C=O) groups excluding carboxylic acids is 1. The molecule has 0 aromatic heterocycles. The van der Waals surface area contributed by atoms with Crippen LogP contribution in [0.25, 0.3) is 0 Å². The smallest absolute Gasteiger partial charge is 0.322 e. The Kier molecular flexibility index (Phi) is 7.99. The molecule has 0 radical (unpaired) electrons. The maximum Gasteiger partial charge on any atom is 0.322 e. The van der Waals surface area contributed by atoms with E-state index in [1.165, 1.54) is 7.11 Å². The summed E-state index contributed by atoms with van der Waals surface area (Å²) in [5, 5.41) is 2.95. The maximum absolute atomic E-state index is 11.2. The molecule has 0 saturated carbocycles. The highest BCUT2D eigenvalue weighted by Gasteiger charge is 2.15. The third-order valence-corrected chi connectivity index (χ3v) is 3.26. The van der Waals surface area contributed by atoms with Gasteiger partial charge in [0.1, 0.15) is 6.04 Å². The summed E-state index contributed by atoms with van der Waals surface area (Å²) in [5.74, 6) is 2.69. The zero-order chi connectivity index (χ0) is 11.0. The highest BCUT2D eigenvalue weighted by molar-refractivity contribution is 7.99.